The molecule has 1 unspecified atom stereocenters. The molecular weight excluding hydrogens is 322 g/mol. The van der Waals surface area contributed by atoms with Crippen LogP contribution in [0.25, 0.3) is 0 Å². The standard InChI is InChI=1S/C15H18BrNO3/c1-10-8-12(16)5-4-11(10)9-13(18)17-7-3-6-15(17,2)14(19)20/h4-5,8H,3,6-7,9H2,1-2H3,(H,19,20). The molecule has 1 aliphatic heterocycles. The number of likely N-dealkylation sites (tertiary alicyclic amines) is 1. The Labute approximate surface area is 126 Å². The lowest BCUT2D eigenvalue weighted by Crippen LogP contribution is -2.51. The lowest BCUT2D eigenvalue weighted by molar-refractivity contribution is -0.155. The van der Waals surface area contributed by atoms with Gasteiger partial charge in [0, 0.05) is 11.0 Å². The second-order valence-electron chi connectivity index (χ2n) is 5.48. The highest BCUT2D eigenvalue weighted by molar-refractivity contribution is 9.10. The van der Waals surface area contributed by atoms with Crippen molar-refractivity contribution >= 4 is 27.8 Å². The Balaban J connectivity index is 2.18. The lowest BCUT2D eigenvalue weighted by atomic mass is 9.98. The number of rotatable bonds is 3. The normalized spacial score (nSPS) is 22.1. The number of halogens is 1. The molecule has 2 rings (SSSR count). The lowest BCUT2D eigenvalue weighted by Gasteiger charge is -2.31. The molecule has 20 heavy (non-hydrogen) atoms. The van der Waals surface area contributed by atoms with Crippen LogP contribution in [0.5, 0.6) is 0 Å². The number of carboxylic acid groups (broad SMARTS) is 1. The number of amides is 1. The number of aryl methyl sites for hydroxylation is 1. The van der Waals surface area contributed by atoms with Crippen LogP contribution in [0, 0.1) is 6.92 Å². The fraction of sp³-hybridized carbons (Fsp3) is 0.467. The second kappa shape index (κ2) is 5.56. The van der Waals surface area contributed by atoms with Crippen LogP contribution in [0.3, 0.4) is 0 Å². The summed E-state index contributed by atoms with van der Waals surface area (Å²) in [5.74, 6) is -1.03. The molecular formula is C15H18BrNO3. The van der Waals surface area contributed by atoms with Crippen LogP contribution < -0.4 is 0 Å². The number of benzene rings is 1. The molecule has 0 aromatic heterocycles. The van der Waals surface area contributed by atoms with Gasteiger partial charge in [0.15, 0.2) is 0 Å². The van der Waals surface area contributed by atoms with Crippen molar-refractivity contribution < 1.29 is 14.7 Å². The predicted octanol–water partition coefficient (Wildman–Crippen LogP) is 2.77. The fourth-order valence-electron chi connectivity index (χ4n) is 2.70. The van der Waals surface area contributed by atoms with Crippen molar-refractivity contribution in [3.8, 4) is 0 Å². The Morgan fingerprint density at radius 3 is 2.75 bits per heavy atom. The maximum Gasteiger partial charge on any atom is 0.329 e. The van der Waals surface area contributed by atoms with Gasteiger partial charge >= 0.3 is 5.97 Å². The van der Waals surface area contributed by atoms with Crippen molar-refractivity contribution in [2.24, 2.45) is 0 Å². The van der Waals surface area contributed by atoms with E-state index < -0.39 is 11.5 Å². The molecule has 0 radical (unpaired) electrons. The summed E-state index contributed by atoms with van der Waals surface area (Å²) in [6.07, 6.45) is 1.52. The molecule has 0 aliphatic carbocycles. The Morgan fingerprint density at radius 1 is 1.45 bits per heavy atom. The van der Waals surface area contributed by atoms with Crippen LogP contribution in [-0.2, 0) is 16.0 Å². The Kier molecular flexibility index (Phi) is 4.18. The van der Waals surface area contributed by atoms with Gasteiger partial charge in [0.05, 0.1) is 6.42 Å². The molecule has 0 saturated carbocycles. The topological polar surface area (TPSA) is 57.6 Å². The minimum atomic E-state index is -1.06. The first kappa shape index (κ1) is 15.0. The number of carbonyl (C=O) groups is 2. The van der Waals surface area contributed by atoms with Gasteiger partial charge in [-0.3, -0.25) is 4.79 Å². The Hall–Kier alpha value is -1.36. The van der Waals surface area contributed by atoms with Gasteiger partial charge in [0.2, 0.25) is 5.91 Å². The van der Waals surface area contributed by atoms with Crippen molar-refractivity contribution in [2.75, 3.05) is 6.54 Å². The Bertz CT molecular complexity index is 558. The van der Waals surface area contributed by atoms with Gasteiger partial charge in [-0.15, -0.1) is 0 Å². The van der Waals surface area contributed by atoms with Crippen LogP contribution in [-0.4, -0.2) is 34.0 Å². The van der Waals surface area contributed by atoms with E-state index in [9.17, 15) is 14.7 Å². The van der Waals surface area contributed by atoms with E-state index >= 15 is 0 Å². The van der Waals surface area contributed by atoms with Gasteiger partial charge in [-0.25, -0.2) is 4.79 Å². The molecule has 108 valence electrons. The molecule has 4 nitrogen and oxygen atoms in total. The zero-order valence-corrected chi connectivity index (χ0v) is 13.2. The molecule has 1 heterocycles. The maximum atomic E-state index is 12.4. The molecule has 1 saturated heterocycles. The summed E-state index contributed by atoms with van der Waals surface area (Å²) in [7, 11) is 0. The average molecular weight is 340 g/mol. The van der Waals surface area contributed by atoms with Crippen molar-refractivity contribution in [1.82, 2.24) is 4.90 Å². The molecule has 1 aliphatic rings. The summed E-state index contributed by atoms with van der Waals surface area (Å²) in [5.41, 5.74) is 0.919. The van der Waals surface area contributed by atoms with Crippen molar-refractivity contribution in [2.45, 2.75) is 38.6 Å². The minimum absolute atomic E-state index is 0.113. The van der Waals surface area contributed by atoms with Gasteiger partial charge in [-0.2, -0.15) is 0 Å². The van der Waals surface area contributed by atoms with Crippen LogP contribution in [0.1, 0.15) is 30.9 Å². The number of carboxylic acids is 1. The monoisotopic (exact) mass is 339 g/mol. The first-order valence-corrected chi connectivity index (χ1v) is 7.43. The van der Waals surface area contributed by atoms with Gasteiger partial charge in [0.1, 0.15) is 5.54 Å². The largest absolute Gasteiger partial charge is 0.480 e. The van der Waals surface area contributed by atoms with Gasteiger partial charge < -0.3 is 10.0 Å². The average Bonchev–Trinajstić information content (AvgIpc) is 2.76. The highest BCUT2D eigenvalue weighted by Gasteiger charge is 2.45. The summed E-state index contributed by atoms with van der Waals surface area (Å²) in [4.78, 5) is 25.3. The van der Waals surface area contributed by atoms with Crippen molar-refractivity contribution in [3.63, 3.8) is 0 Å². The first-order valence-electron chi connectivity index (χ1n) is 6.63. The predicted molar refractivity (Wildman–Crippen MR) is 79.6 cm³/mol. The van der Waals surface area contributed by atoms with Crippen molar-refractivity contribution in [3.05, 3.63) is 33.8 Å². The molecule has 0 spiro atoms. The number of aliphatic carboxylic acids is 1. The molecule has 1 fully saturated rings. The minimum Gasteiger partial charge on any atom is -0.480 e. The number of hydrogen-bond donors (Lipinski definition) is 1. The zero-order valence-electron chi connectivity index (χ0n) is 11.6. The quantitative estimate of drug-likeness (QED) is 0.921. The van der Waals surface area contributed by atoms with Crippen molar-refractivity contribution in [1.29, 1.82) is 0 Å². The van der Waals surface area contributed by atoms with Gasteiger partial charge in [-0.1, -0.05) is 22.0 Å². The van der Waals surface area contributed by atoms with E-state index in [-0.39, 0.29) is 12.3 Å². The first-order chi connectivity index (χ1) is 9.34. The summed E-state index contributed by atoms with van der Waals surface area (Å²) >= 11 is 3.39. The number of hydrogen-bond acceptors (Lipinski definition) is 2. The zero-order chi connectivity index (χ0) is 14.9. The van der Waals surface area contributed by atoms with E-state index in [1.807, 2.05) is 25.1 Å². The SMILES string of the molecule is Cc1cc(Br)ccc1CC(=O)N1CCCC1(C)C(=O)O. The highest BCUT2D eigenvalue weighted by atomic mass is 79.9. The third-order valence-electron chi connectivity index (χ3n) is 4.05. The summed E-state index contributed by atoms with van der Waals surface area (Å²) in [6, 6.07) is 5.77. The van der Waals surface area contributed by atoms with E-state index in [1.54, 1.807) is 6.92 Å². The molecule has 1 aromatic carbocycles. The third-order valence-corrected chi connectivity index (χ3v) is 4.54. The van der Waals surface area contributed by atoms with E-state index in [0.717, 1.165) is 22.0 Å². The van der Waals surface area contributed by atoms with E-state index in [4.69, 9.17) is 0 Å². The van der Waals surface area contributed by atoms with Gasteiger partial charge in [0.25, 0.3) is 0 Å². The van der Waals surface area contributed by atoms with Crippen LogP contribution in [0.15, 0.2) is 22.7 Å². The highest BCUT2D eigenvalue weighted by Crippen LogP contribution is 2.30. The molecule has 1 aromatic rings. The number of carbonyl (C=O) groups excluding carboxylic acids is 1. The summed E-state index contributed by atoms with van der Waals surface area (Å²) in [6.45, 7) is 4.11. The van der Waals surface area contributed by atoms with Gasteiger partial charge in [-0.05, 0) is 49.9 Å². The Morgan fingerprint density at radius 2 is 2.15 bits per heavy atom. The van der Waals surface area contributed by atoms with E-state index in [2.05, 4.69) is 15.9 Å². The van der Waals surface area contributed by atoms with Crippen LogP contribution >= 0.6 is 15.9 Å². The van der Waals surface area contributed by atoms with E-state index in [0.29, 0.717) is 13.0 Å². The van der Waals surface area contributed by atoms with E-state index in [1.165, 1.54) is 4.90 Å². The summed E-state index contributed by atoms with van der Waals surface area (Å²) in [5, 5.41) is 9.35. The second-order valence-corrected chi connectivity index (χ2v) is 6.39. The molecule has 1 atom stereocenters. The van der Waals surface area contributed by atoms with Crippen LogP contribution in [0.4, 0.5) is 0 Å². The van der Waals surface area contributed by atoms with Crippen LogP contribution in [0.2, 0.25) is 0 Å². The smallest absolute Gasteiger partial charge is 0.329 e. The molecule has 1 N–H and O–H groups in total. The molecule has 0 bridgehead atoms. The molecule has 1 amide bonds. The summed E-state index contributed by atoms with van der Waals surface area (Å²) < 4.78 is 0.975. The number of nitrogens with zero attached hydrogens (tertiary/aromatic N) is 1. The molecule has 5 heteroatoms. The maximum absolute atomic E-state index is 12.4. The fourth-order valence-corrected chi connectivity index (χ4v) is 3.18. The third kappa shape index (κ3) is 2.73.